The molecular formula is C12H14N2O. The van der Waals surface area contributed by atoms with Crippen LogP contribution >= 0.6 is 0 Å². The third-order valence-corrected chi connectivity index (χ3v) is 2.32. The normalized spacial score (nSPS) is 10.5. The fourth-order valence-corrected chi connectivity index (χ4v) is 1.57. The summed E-state index contributed by atoms with van der Waals surface area (Å²) in [4.78, 5) is 14.5. The van der Waals surface area contributed by atoms with Crippen LogP contribution in [0, 0.1) is 0 Å². The molecule has 1 aromatic heterocycles. The summed E-state index contributed by atoms with van der Waals surface area (Å²) < 4.78 is 0. The molecule has 0 aliphatic heterocycles. The predicted octanol–water partition coefficient (Wildman–Crippen LogP) is 2.35. The zero-order valence-electron chi connectivity index (χ0n) is 8.71. The molecule has 2 N–H and O–H groups in total. The lowest BCUT2D eigenvalue weighted by Crippen LogP contribution is -2.11. The SMILES string of the molecule is CCCNc1cc2ccccc2c(=O)[nH]1. The van der Waals surface area contributed by atoms with Gasteiger partial charge in [0.2, 0.25) is 0 Å². The van der Waals surface area contributed by atoms with Gasteiger partial charge in [-0.25, -0.2) is 0 Å². The summed E-state index contributed by atoms with van der Waals surface area (Å²) in [7, 11) is 0. The number of aromatic amines is 1. The van der Waals surface area contributed by atoms with Gasteiger partial charge in [0.15, 0.2) is 0 Å². The average molecular weight is 202 g/mol. The Bertz CT molecular complexity index is 516. The van der Waals surface area contributed by atoms with E-state index in [0.717, 1.165) is 29.6 Å². The predicted molar refractivity (Wildman–Crippen MR) is 63.3 cm³/mol. The lowest BCUT2D eigenvalue weighted by atomic mass is 10.2. The minimum absolute atomic E-state index is 0.0355. The van der Waals surface area contributed by atoms with Crippen molar-refractivity contribution in [3.63, 3.8) is 0 Å². The minimum Gasteiger partial charge on any atom is -0.372 e. The zero-order valence-corrected chi connectivity index (χ0v) is 8.71. The first kappa shape index (κ1) is 9.77. The molecule has 0 aliphatic carbocycles. The van der Waals surface area contributed by atoms with Gasteiger partial charge in [-0.2, -0.15) is 0 Å². The Kier molecular flexibility index (Phi) is 2.72. The Morgan fingerprint density at radius 3 is 2.93 bits per heavy atom. The fourth-order valence-electron chi connectivity index (χ4n) is 1.57. The summed E-state index contributed by atoms with van der Waals surface area (Å²) >= 11 is 0. The molecule has 1 aromatic carbocycles. The van der Waals surface area contributed by atoms with Crippen molar-refractivity contribution in [2.45, 2.75) is 13.3 Å². The van der Waals surface area contributed by atoms with Crippen LogP contribution in [0.4, 0.5) is 5.82 Å². The van der Waals surface area contributed by atoms with Crippen molar-refractivity contribution >= 4 is 16.6 Å². The number of rotatable bonds is 3. The Hall–Kier alpha value is -1.77. The maximum atomic E-state index is 11.7. The van der Waals surface area contributed by atoms with Crippen molar-refractivity contribution in [2.75, 3.05) is 11.9 Å². The molecule has 2 rings (SSSR count). The molecule has 0 aliphatic rings. The van der Waals surface area contributed by atoms with Crippen LogP contribution in [0.25, 0.3) is 10.8 Å². The number of anilines is 1. The van der Waals surface area contributed by atoms with Gasteiger partial charge in [-0.05, 0) is 23.9 Å². The van der Waals surface area contributed by atoms with Crippen LogP contribution in [0.3, 0.4) is 0 Å². The summed E-state index contributed by atoms with van der Waals surface area (Å²) in [6, 6.07) is 9.55. The van der Waals surface area contributed by atoms with Gasteiger partial charge in [-0.3, -0.25) is 4.79 Å². The molecule has 3 heteroatoms. The molecule has 0 fully saturated rings. The summed E-state index contributed by atoms with van der Waals surface area (Å²) in [5, 5.41) is 4.88. The molecule has 2 aromatic rings. The van der Waals surface area contributed by atoms with Gasteiger partial charge in [-0.1, -0.05) is 25.1 Å². The molecule has 0 saturated heterocycles. The highest BCUT2D eigenvalue weighted by Gasteiger charge is 1.99. The highest BCUT2D eigenvalue weighted by molar-refractivity contribution is 5.83. The van der Waals surface area contributed by atoms with E-state index in [0.29, 0.717) is 0 Å². The molecule has 3 nitrogen and oxygen atoms in total. The van der Waals surface area contributed by atoms with E-state index in [1.54, 1.807) is 0 Å². The molecule has 0 unspecified atom stereocenters. The molecule has 0 amide bonds. The summed E-state index contributed by atoms with van der Waals surface area (Å²) in [5.74, 6) is 0.792. The van der Waals surface area contributed by atoms with Gasteiger partial charge >= 0.3 is 0 Å². The number of pyridine rings is 1. The Morgan fingerprint density at radius 1 is 1.33 bits per heavy atom. The van der Waals surface area contributed by atoms with E-state index in [1.807, 2.05) is 30.3 Å². The van der Waals surface area contributed by atoms with Crippen molar-refractivity contribution in [1.29, 1.82) is 0 Å². The molecule has 78 valence electrons. The number of hydrogen-bond donors (Lipinski definition) is 2. The van der Waals surface area contributed by atoms with E-state index in [4.69, 9.17) is 0 Å². The van der Waals surface area contributed by atoms with Crippen molar-refractivity contribution in [3.05, 3.63) is 40.7 Å². The summed E-state index contributed by atoms with van der Waals surface area (Å²) in [6.45, 7) is 2.96. The van der Waals surface area contributed by atoms with E-state index in [2.05, 4.69) is 17.2 Å². The van der Waals surface area contributed by atoms with Gasteiger partial charge in [0, 0.05) is 11.9 Å². The van der Waals surface area contributed by atoms with Gasteiger partial charge in [0.25, 0.3) is 5.56 Å². The fraction of sp³-hybridized carbons (Fsp3) is 0.250. The van der Waals surface area contributed by atoms with Gasteiger partial charge in [0.1, 0.15) is 5.82 Å². The third-order valence-electron chi connectivity index (χ3n) is 2.32. The molecule has 15 heavy (non-hydrogen) atoms. The number of H-pyrrole nitrogens is 1. The lowest BCUT2D eigenvalue weighted by molar-refractivity contribution is 0.968. The first-order valence-corrected chi connectivity index (χ1v) is 5.17. The molecule has 0 bridgehead atoms. The van der Waals surface area contributed by atoms with E-state index in [9.17, 15) is 4.79 Å². The van der Waals surface area contributed by atoms with Crippen LogP contribution in [0.2, 0.25) is 0 Å². The van der Waals surface area contributed by atoms with Crippen molar-refractivity contribution < 1.29 is 0 Å². The highest BCUT2D eigenvalue weighted by atomic mass is 16.1. The van der Waals surface area contributed by atoms with Crippen LogP contribution in [0.5, 0.6) is 0 Å². The van der Waals surface area contributed by atoms with E-state index < -0.39 is 0 Å². The maximum Gasteiger partial charge on any atom is 0.257 e. The smallest absolute Gasteiger partial charge is 0.257 e. The molecular weight excluding hydrogens is 188 g/mol. The summed E-state index contributed by atoms with van der Waals surface area (Å²) in [6.07, 6.45) is 1.04. The van der Waals surface area contributed by atoms with Gasteiger partial charge in [-0.15, -0.1) is 0 Å². The Balaban J connectivity index is 2.48. The average Bonchev–Trinajstić information content (AvgIpc) is 2.26. The number of nitrogens with one attached hydrogen (secondary N) is 2. The van der Waals surface area contributed by atoms with Crippen molar-refractivity contribution in [2.24, 2.45) is 0 Å². The summed E-state index contributed by atoms with van der Waals surface area (Å²) in [5.41, 5.74) is -0.0355. The second-order valence-corrected chi connectivity index (χ2v) is 3.53. The molecule has 0 saturated carbocycles. The van der Waals surface area contributed by atoms with Crippen molar-refractivity contribution in [3.8, 4) is 0 Å². The van der Waals surface area contributed by atoms with Crippen molar-refractivity contribution in [1.82, 2.24) is 4.98 Å². The van der Waals surface area contributed by atoms with Crippen LogP contribution in [0.1, 0.15) is 13.3 Å². The number of hydrogen-bond acceptors (Lipinski definition) is 2. The van der Waals surface area contributed by atoms with Gasteiger partial charge in [0.05, 0.1) is 0 Å². The van der Waals surface area contributed by atoms with Crippen LogP contribution in [0.15, 0.2) is 35.1 Å². The number of benzene rings is 1. The monoisotopic (exact) mass is 202 g/mol. The molecule has 0 radical (unpaired) electrons. The van der Waals surface area contributed by atoms with Gasteiger partial charge < -0.3 is 10.3 Å². The first-order chi connectivity index (χ1) is 7.31. The topological polar surface area (TPSA) is 44.9 Å². The van der Waals surface area contributed by atoms with E-state index in [-0.39, 0.29) is 5.56 Å². The largest absolute Gasteiger partial charge is 0.372 e. The van der Waals surface area contributed by atoms with Crippen LogP contribution in [-0.4, -0.2) is 11.5 Å². The number of fused-ring (bicyclic) bond motifs is 1. The second kappa shape index (κ2) is 4.17. The standard InChI is InChI=1S/C12H14N2O/c1-2-7-13-11-8-9-5-3-4-6-10(9)12(15)14-11/h3-6,8H,2,7H2,1H3,(H2,13,14,15). The Labute approximate surface area is 88.1 Å². The molecule has 0 atom stereocenters. The molecule has 1 heterocycles. The Morgan fingerprint density at radius 2 is 2.13 bits per heavy atom. The lowest BCUT2D eigenvalue weighted by Gasteiger charge is -2.05. The van der Waals surface area contributed by atoms with E-state index >= 15 is 0 Å². The minimum atomic E-state index is -0.0355. The van der Waals surface area contributed by atoms with Crippen LogP contribution in [-0.2, 0) is 0 Å². The zero-order chi connectivity index (χ0) is 10.7. The van der Waals surface area contributed by atoms with E-state index in [1.165, 1.54) is 0 Å². The third kappa shape index (κ3) is 2.01. The quantitative estimate of drug-likeness (QED) is 0.802. The maximum absolute atomic E-state index is 11.7. The number of aromatic nitrogens is 1. The second-order valence-electron chi connectivity index (χ2n) is 3.53. The molecule has 0 spiro atoms. The highest BCUT2D eigenvalue weighted by Crippen LogP contribution is 2.12. The van der Waals surface area contributed by atoms with Crippen LogP contribution < -0.4 is 10.9 Å². The first-order valence-electron chi connectivity index (χ1n) is 5.17.